The molecule has 1 aliphatic rings. The van der Waals surface area contributed by atoms with E-state index in [1.54, 1.807) is 12.1 Å². The minimum atomic E-state index is -0.247. The van der Waals surface area contributed by atoms with Crippen molar-refractivity contribution in [2.75, 3.05) is 30.3 Å². The van der Waals surface area contributed by atoms with Gasteiger partial charge in [-0.3, -0.25) is 0 Å². The molecule has 0 aliphatic carbocycles. The zero-order valence-corrected chi connectivity index (χ0v) is 11.9. The number of hydrogen-bond donors (Lipinski definition) is 1. The summed E-state index contributed by atoms with van der Waals surface area (Å²) in [5, 5.41) is 0. The Morgan fingerprint density at radius 2 is 1.95 bits per heavy atom. The van der Waals surface area contributed by atoms with Gasteiger partial charge in [-0.05, 0) is 54.8 Å². The van der Waals surface area contributed by atoms with E-state index in [1.807, 2.05) is 12.1 Å². The highest BCUT2D eigenvalue weighted by atomic mass is 19.1. The van der Waals surface area contributed by atoms with E-state index in [1.165, 1.54) is 23.4 Å². The highest BCUT2D eigenvalue weighted by Crippen LogP contribution is 2.28. The van der Waals surface area contributed by atoms with Crippen molar-refractivity contribution in [3.05, 3.63) is 53.8 Å². The van der Waals surface area contributed by atoms with Gasteiger partial charge in [0.25, 0.3) is 0 Å². The summed E-state index contributed by atoms with van der Waals surface area (Å²) in [6.45, 7) is 2.39. The van der Waals surface area contributed by atoms with E-state index in [-0.39, 0.29) is 5.82 Å². The fourth-order valence-corrected chi connectivity index (χ4v) is 2.70. The van der Waals surface area contributed by atoms with Crippen molar-refractivity contribution < 1.29 is 9.13 Å². The Bertz CT molecular complexity index is 613. The number of nitrogen functional groups attached to an aromatic ring is 1. The lowest BCUT2D eigenvalue weighted by Crippen LogP contribution is -2.33. The molecule has 2 aromatic carbocycles. The minimum absolute atomic E-state index is 0.247. The van der Waals surface area contributed by atoms with Crippen molar-refractivity contribution in [3.8, 4) is 5.75 Å². The van der Waals surface area contributed by atoms with Gasteiger partial charge in [0.1, 0.15) is 18.2 Å². The zero-order valence-electron chi connectivity index (χ0n) is 11.9. The number of nitrogens with two attached hydrogens (primary N) is 1. The molecule has 21 heavy (non-hydrogen) atoms. The normalized spacial score (nSPS) is 13.9. The molecule has 110 valence electrons. The zero-order chi connectivity index (χ0) is 14.7. The van der Waals surface area contributed by atoms with Crippen molar-refractivity contribution in [3.63, 3.8) is 0 Å². The molecule has 0 fully saturated rings. The number of rotatable bonds is 4. The first kappa shape index (κ1) is 13.7. The maximum Gasteiger partial charge on any atom is 0.123 e. The average molecular weight is 286 g/mol. The van der Waals surface area contributed by atoms with Crippen LogP contribution in [0.2, 0.25) is 0 Å². The molecule has 0 saturated heterocycles. The third-order valence-corrected chi connectivity index (χ3v) is 3.77. The molecule has 0 unspecified atom stereocenters. The van der Waals surface area contributed by atoms with E-state index in [9.17, 15) is 4.39 Å². The van der Waals surface area contributed by atoms with Gasteiger partial charge in [-0.25, -0.2) is 4.39 Å². The molecule has 2 N–H and O–H groups in total. The fraction of sp³-hybridized carbons (Fsp3) is 0.294. The molecule has 3 rings (SSSR count). The van der Waals surface area contributed by atoms with Crippen LogP contribution < -0.4 is 15.4 Å². The molecule has 3 nitrogen and oxygen atoms in total. The van der Waals surface area contributed by atoms with Gasteiger partial charge in [0.05, 0.1) is 6.54 Å². The van der Waals surface area contributed by atoms with E-state index in [4.69, 9.17) is 10.5 Å². The monoisotopic (exact) mass is 286 g/mol. The number of aryl methyl sites for hydroxylation is 1. The van der Waals surface area contributed by atoms with Gasteiger partial charge in [0.15, 0.2) is 0 Å². The molecule has 4 heteroatoms. The first-order chi connectivity index (χ1) is 10.2. The van der Waals surface area contributed by atoms with Crippen LogP contribution in [-0.2, 0) is 6.42 Å². The molecule has 1 heterocycles. The van der Waals surface area contributed by atoms with Crippen LogP contribution in [-0.4, -0.2) is 19.7 Å². The second kappa shape index (κ2) is 6.04. The quantitative estimate of drug-likeness (QED) is 0.877. The van der Waals surface area contributed by atoms with Crippen LogP contribution >= 0.6 is 0 Å². The van der Waals surface area contributed by atoms with Crippen LogP contribution in [0.25, 0.3) is 0 Å². The number of benzene rings is 2. The number of fused-ring (bicyclic) bond motifs is 1. The lowest BCUT2D eigenvalue weighted by molar-refractivity contribution is 0.322. The predicted molar refractivity (Wildman–Crippen MR) is 83.3 cm³/mol. The SMILES string of the molecule is Nc1ccc2c(c1)N(CCOc1ccc(F)cc1)CCC2. The lowest BCUT2D eigenvalue weighted by Gasteiger charge is -2.31. The van der Waals surface area contributed by atoms with Gasteiger partial charge in [0.2, 0.25) is 0 Å². The van der Waals surface area contributed by atoms with Gasteiger partial charge in [-0.2, -0.15) is 0 Å². The topological polar surface area (TPSA) is 38.5 Å². The van der Waals surface area contributed by atoms with E-state index >= 15 is 0 Å². The summed E-state index contributed by atoms with van der Waals surface area (Å²) in [4.78, 5) is 2.30. The Labute approximate surface area is 124 Å². The van der Waals surface area contributed by atoms with E-state index in [2.05, 4.69) is 11.0 Å². The molecule has 0 aromatic heterocycles. The third kappa shape index (κ3) is 3.27. The highest BCUT2D eigenvalue weighted by molar-refractivity contribution is 5.62. The van der Waals surface area contributed by atoms with Crippen molar-refractivity contribution in [2.45, 2.75) is 12.8 Å². The van der Waals surface area contributed by atoms with Crippen LogP contribution in [0.3, 0.4) is 0 Å². The average Bonchev–Trinajstić information content (AvgIpc) is 2.50. The number of nitrogens with zero attached hydrogens (tertiary/aromatic N) is 1. The molecular weight excluding hydrogens is 267 g/mol. The third-order valence-electron chi connectivity index (χ3n) is 3.77. The van der Waals surface area contributed by atoms with Gasteiger partial charge in [-0.15, -0.1) is 0 Å². The molecule has 0 spiro atoms. The molecule has 0 saturated carbocycles. The maximum atomic E-state index is 12.8. The molecule has 0 amide bonds. The fourth-order valence-electron chi connectivity index (χ4n) is 2.70. The van der Waals surface area contributed by atoms with Crippen LogP contribution in [0.15, 0.2) is 42.5 Å². The standard InChI is InChI=1S/C17H19FN2O/c18-14-4-7-16(8-5-14)21-11-10-20-9-1-2-13-3-6-15(19)12-17(13)20/h3-8,12H,1-2,9-11,19H2. The molecule has 0 radical (unpaired) electrons. The number of halogens is 1. The van der Waals surface area contributed by atoms with Crippen molar-refractivity contribution in [1.82, 2.24) is 0 Å². The lowest BCUT2D eigenvalue weighted by atomic mass is 10.0. The first-order valence-corrected chi connectivity index (χ1v) is 7.24. The van der Waals surface area contributed by atoms with E-state index in [0.717, 1.165) is 31.6 Å². The summed E-state index contributed by atoms with van der Waals surface area (Å²) in [6.07, 6.45) is 2.25. The summed E-state index contributed by atoms with van der Waals surface area (Å²) in [7, 11) is 0. The molecule has 0 bridgehead atoms. The molecular formula is C17H19FN2O. The summed E-state index contributed by atoms with van der Waals surface area (Å²) in [6, 6.07) is 12.2. The van der Waals surface area contributed by atoms with Gasteiger partial charge in [-0.1, -0.05) is 6.07 Å². The van der Waals surface area contributed by atoms with Crippen molar-refractivity contribution >= 4 is 11.4 Å². The largest absolute Gasteiger partial charge is 0.492 e. The summed E-state index contributed by atoms with van der Waals surface area (Å²) < 4.78 is 18.5. The maximum absolute atomic E-state index is 12.8. The van der Waals surface area contributed by atoms with Gasteiger partial charge >= 0.3 is 0 Å². The van der Waals surface area contributed by atoms with Crippen molar-refractivity contribution in [1.29, 1.82) is 0 Å². The Morgan fingerprint density at radius 3 is 2.76 bits per heavy atom. The Balaban J connectivity index is 1.61. The smallest absolute Gasteiger partial charge is 0.123 e. The number of anilines is 2. The number of ether oxygens (including phenoxy) is 1. The van der Waals surface area contributed by atoms with Gasteiger partial charge in [0, 0.05) is 17.9 Å². The second-order valence-electron chi connectivity index (χ2n) is 5.28. The van der Waals surface area contributed by atoms with Crippen LogP contribution in [0.4, 0.5) is 15.8 Å². The predicted octanol–water partition coefficient (Wildman–Crippen LogP) is 3.24. The van der Waals surface area contributed by atoms with Gasteiger partial charge < -0.3 is 15.4 Å². The highest BCUT2D eigenvalue weighted by Gasteiger charge is 2.16. The molecule has 0 atom stereocenters. The van der Waals surface area contributed by atoms with E-state index < -0.39 is 0 Å². The summed E-state index contributed by atoms with van der Waals surface area (Å²) in [5.74, 6) is 0.448. The molecule has 2 aromatic rings. The molecule has 1 aliphatic heterocycles. The van der Waals surface area contributed by atoms with Crippen LogP contribution in [0.1, 0.15) is 12.0 Å². The minimum Gasteiger partial charge on any atom is -0.492 e. The first-order valence-electron chi connectivity index (χ1n) is 7.24. The Hall–Kier alpha value is -2.23. The summed E-state index contributed by atoms with van der Waals surface area (Å²) in [5.41, 5.74) is 9.23. The second-order valence-corrected chi connectivity index (χ2v) is 5.28. The number of hydrogen-bond acceptors (Lipinski definition) is 3. The Morgan fingerprint density at radius 1 is 1.14 bits per heavy atom. The van der Waals surface area contributed by atoms with Crippen molar-refractivity contribution in [2.24, 2.45) is 0 Å². The van der Waals surface area contributed by atoms with Crippen LogP contribution in [0.5, 0.6) is 5.75 Å². The summed E-state index contributed by atoms with van der Waals surface area (Å²) >= 11 is 0. The van der Waals surface area contributed by atoms with Crippen LogP contribution in [0, 0.1) is 5.82 Å². The Kier molecular flexibility index (Phi) is 3.95. The van der Waals surface area contributed by atoms with E-state index in [0.29, 0.717) is 12.4 Å².